The third-order valence-corrected chi connectivity index (χ3v) is 3.71. The van der Waals surface area contributed by atoms with Gasteiger partial charge in [0.05, 0.1) is 6.10 Å². The zero-order valence-electron chi connectivity index (χ0n) is 12.6. The number of aliphatic hydroxyl groups is 1. The molecule has 0 amide bonds. The minimum absolute atomic E-state index is 0.461. The van der Waals surface area contributed by atoms with Crippen LogP contribution in [0.15, 0.2) is 54.6 Å². The van der Waals surface area contributed by atoms with Gasteiger partial charge in [-0.3, -0.25) is 0 Å². The number of rotatable bonds is 7. The van der Waals surface area contributed by atoms with E-state index in [1.54, 1.807) is 0 Å². The van der Waals surface area contributed by atoms with Crippen LogP contribution in [0.25, 0.3) is 0 Å². The number of nitrogens with two attached hydrogens (primary N) is 1. The van der Waals surface area contributed by atoms with E-state index in [4.69, 9.17) is 5.73 Å². The molecule has 112 valence electrons. The summed E-state index contributed by atoms with van der Waals surface area (Å²) in [6.45, 7) is 2.10. The van der Waals surface area contributed by atoms with E-state index in [9.17, 15) is 5.11 Å². The Morgan fingerprint density at radius 3 is 2.29 bits per heavy atom. The van der Waals surface area contributed by atoms with Crippen molar-refractivity contribution in [3.05, 3.63) is 71.3 Å². The summed E-state index contributed by atoms with van der Waals surface area (Å²) in [6, 6.07) is 18.3. The van der Waals surface area contributed by atoms with Crippen LogP contribution >= 0.6 is 0 Å². The molecule has 0 heterocycles. The quantitative estimate of drug-likeness (QED) is 0.820. The van der Waals surface area contributed by atoms with E-state index in [1.165, 1.54) is 5.56 Å². The van der Waals surface area contributed by atoms with Gasteiger partial charge in [-0.2, -0.15) is 0 Å². The number of hydrogen-bond donors (Lipinski definition) is 2. The molecule has 0 bridgehead atoms. The van der Waals surface area contributed by atoms with Gasteiger partial charge in [-0.25, -0.2) is 0 Å². The van der Waals surface area contributed by atoms with E-state index in [2.05, 4.69) is 29.2 Å². The Labute approximate surface area is 127 Å². The largest absolute Gasteiger partial charge is 0.387 e. The molecular formula is C18H24N2O. The predicted molar refractivity (Wildman–Crippen MR) is 86.9 cm³/mol. The Morgan fingerprint density at radius 2 is 1.67 bits per heavy atom. The van der Waals surface area contributed by atoms with Gasteiger partial charge in [0.2, 0.25) is 0 Å². The summed E-state index contributed by atoms with van der Waals surface area (Å²) in [5.74, 6) is 0. The topological polar surface area (TPSA) is 49.5 Å². The lowest BCUT2D eigenvalue weighted by atomic mass is 10.1. The van der Waals surface area contributed by atoms with Crippen molar-refractivity contribution in [1.82, 2.24) is 4.90 Å². The molecule has 2 aromatic rings. The molecule has 1 unspecified atom stereocenters. The smallest absolute Gasteiger partial charge is 0.0916 e. The SMILES string of the molecule is CN(CCc1ccccc1)CC(O)c1ccc(CN)cc1. The summed E-state index contributed by atoms with van der Waals surface area (Å²) in [5.41, 5.74) is 8.94. The molecule has 0 spiro atoms. The van der Waals surface area contributed by atoms with Crippen LogP contribution in [0.4, 0.5) is 0 Å². The van der Waals surface area contributed by atoms with Crippen molar-refractivity contribution in [2.24, 2.45) is 5.73 Å². The highest BCUT2D eigenvalue weighted by molar-refractivity contribution is 5.24. The molecule has 0 fully saturated rings. The lowest BCUT2D eigenvalue weighted by molar-refractivity contribution is 0.127. The van der Waals surface area contributed by atoms with Crippen LogP contribution in [0.3, 0.4) is 0 Å². The molecule has 0 saturated heterocycles. The minimum Gasteiger partial charge on any atom is -0.387 e. The van der Waals surface area contributed by atoms with Crippen molar-refractivity contribution >= 4 is 0 Å². The number of likely N-dealkylation sites (N-methyl/N-ethyl adjacent to an activating group) is 1. The summed E-state index contributed by atoms with van der Waals surface area (Å²) in [5, 5.41) is 10.3. The monoisotopic (exact) mass is 284 g/mol. The van der Waals surface area contributed by atoms with Crippen LogP contribution in [0, 0.1) is 0 Å². The molecule has 21 heavy (non-hydrogen) atoms. The van der Waals surface area contributed by atoms with E-state index < -0.39 is 6.10 Å². The second-order valence-electron chi connectivity index (χ2n) is 5.46. The van der Waals surface area contributed by atoms with Crippen molar-refractivity contribution in [3.63, 3.8) is 0 Å². The summed E-state index contributed by atoms with van der Waals surface area (Å²) in [4.78, 5) is 2.16. The maximum Gasteiger partial charge on any atom is 0.0916 e. The number of aliphatic hydroxyl groups excluding tert-OH is 1. The van der Waals surface area contributed by atoms with Gasteiger partial charge in [0.25, 0.3) is 0 Å². The summed E-state index contributed by atoms with van der Waals surface area (Å²) in [7, 11) is 2.04. The number of nitrogens with zero attached hydrogens (tertiary/aromatic N) is 1. The molecule has 0 radical (unpaired) electrons. The standard InChI is InChI=1S/C18H24N2O/c1-20(12-11-15-5-3-2-4-6-15)14-18(21)17-9-7-16(13-19)8-10-17/h2-10,18,21H,11-14,19H2,1H3. The molecule has 3 heteroatoms. The van der Waals surface area contributed by atoms with Gasteiger partial charge in [-0.05, 0) is 30.2 Å². The van der Waals surface area contributed by atoms with Crippen molar-refractivity contribution in [3.8, 4) is 0 Å². The molecule has 3 nitrogen and oxygen atoms in total. The van der Waals surface area contributed by atoms with E-state index in [-0.39, 0.29) is 0 Å². The van der Waals surface area contributed by atoms with Gasteiger partial charge in [-0.15, -0.1) is 0 Å². The summed E-state index contributed by atoms with van der Waals surface area (Å²) >= 11 is 0. The first kappa shape index (κ1) is 15.7. The van der Waals surface area contributed by atoms with E-state index in [0.29, 0.717) is 13.1 Å². The zero-order valence-corrected chi connectivity index (χ0v) is 12.6. The molecule has 2 aromatic carbocycles. The van der Waals surface area contributed by atoms with Crippen LogP contribution in [0.5, 0.6) is 0 Å². The molecule has 0 aliphatic carbocycles. The van der Waals surface area contributed by atoms with E-state index in [0.717, 1.165) is 24.1 Å². The maximum atomic E-state index is 10.3. The highest BCUT2D eigenvalue weighted by Gasteiger charge is 2.10. The van der Waals surface area contributed by atoms with E-state index in [1.807, 2.05) is 37.4 Å². The van der Waals surface area contributed by atoms with Crippen molar-refractivity contribution in [2.45, 2.75) is 19.1 Å². The molecule has 1 atom stereocenters. The van der Waals surface area contributed by atoms with Gasteiger partial charge < -0.3 is 15.7 Å². The normalized spacial score (nSPS) is 12.6. The van der Waals surface area contributed by atoms with Crippen LogP contribution in [0.2, 0.25) is 0 Å². The Kier molecular flexibility index (Phi) is 5.93. The minimum atomic E-state index is -0.461. The van der Waals surface area contributed by atoms with Crippen molar-refractivity contribution in [1.29, 1.82) is 0 Å². The predicted octanol–water partition coefficient (Wildman–Crippen LogP) is 2.35. The van der Waals surface area contributed by atoms with Gasteiger partial charge >= 0.3 is 0 Å². The fourth-order valence-electron chi connectivity index (χ4n) is 2.33. The van der Waals surface area contributed by atoms with Crippen LogP contribution in [-0.2, 0) is 13.0 Å². The Bertz CT molecular complexity index is 525. The fraction of sp³-hybridized carbons (Fsp3) is 0.333. The van der Waals surface area contributed by atoms with Crippen LogP contribution in [0.1, 0.15) is 22.8 Å². The second-order valence-corrected chi connectivity index (χ2v) is 5.46. The van der Waals surface area contributed by atoms with E-state index >= 15 is 0 Å². The molecule has 0 saturated carbocycles. The van der Waals surface area contributed by atoms with Gasteiger partial charge in [0.1, 0.15) is 0 Å². The fourth-order valence-corrected chi connectivity index (χ4v) is 2.33. The highest BCUT2D eigenvalue weighted by Crippen LogP contribution is 2.15. The molecular weight excluding hydrogens is 260 g/mol. The van der Waals surface area contributed by atoms with Gasteiger partial charge in [-0.1, -0.05) is 54.6 Å². The molecule has 0 aliphatic heterocycles. The summed E-state index contributed by atoms with van der Waals surface area (Å²) in [6.07, 6.45) is 0.536. The molecule has 2 rings (SSSR count). The first-order valence-electron chi connectivity index (χ1n) is 7.38. The van der Waals surface area contributed by atoms with Crippen LogP contribution in [-0.4, -0.2) is 30.1 Å². The zero-order chi connectivity index (χ0) is 15.1. The average molecular weight is 284 g/mol. The van der Waals surface area contributed by atoms with Crippen molar-refractivity contribution < 1.29 is 5.11 Å². The van der Waals surface area contributed by atoms with Gasteiger partial charge in [0, 0.05) is 19.6 Å². The highest BCUT2D eigenvalue weighted by atomic mass is 16.3. The van der Waals surface area contributed by atoms with Crippen molar-refractivity contribution in [2.75, 3.05) is 20.1 Å². The first-order valence-corrected chi connectivity index (χ1v) is 7.38. The lowest BCUT2D eigenvalue weighted by Gasteiger charge is -2.21. The molecule has 0 aliphatic rings. The number of benzene rings is 2. The Morgan fingerprint density at radius 1 is 1.00 bits per heavy atom. The lowest BCUT2D eigenvalue weighted by Crippen LogP contribution is -2.26. The third-order valence-electron chi connectivity index (χ3n) is 3.71. The molecule has 0 aromatic heterocycles. The number of hydrogen-bond acceptors (Lipinski definition) is 3. The maximum absolute atomic E-state index is 10.3. The van der Waals surface area contributed by atoms with Gasteiger partial charge in [0.15, 0.2) is 0 Å². The third kappa shape index (κ3) is 4.97. The molecule has 3 N–H and O–H groups in total. The Balaban J connectivity index is 1.82. The summed E-state index contributed by atoms with van der Waals surface area (Å²) < 4.78 is 0. The average Bonchev–Trinajstić information content (AvgIpc) is 2.54. The van der Waals surface area contributed by atoms with Crippen LogP contribution < -0.4 is 5.73 Å². The Hall–Kier alpha value is -1.68. The first-order chi connectivity index (χ1) is 10.2. The second kappa shape index (κ2) is 7.93.